The van der Waals surface area contributed by atoms with Crippen LogP contribution in [0.3, 0.4) is 0 Å². The SMILES string of the molecule is CC(=O)N1C2CCC1CC(O)(c1ccc(C)cc1)C2. The van der Waals surface area contributed by atoms with E-state index in [2.05, 4.69) is 6.92 Å². The first-order valence-electron chi connectivity index (χ1n) is 7.08. The van der Waals surface area contributed by atoms with Crippen molar-refractivity contribution in [2.45, 2.75) is 57.2 Å². The number of benzene rings is 1. The number of rotatable bonds is 1. The van der Waals surface area contributed by atoms with Gasteiger partial charge in [0.15, 0.2) is 0 Å². The summed E-state index contributed by atoms with van der Waals surface area (Å²) in [6.07, 6.45) is 3.40. The van der Waals surface area contributed by atoms with Crippen LogP contribution in [0.15, 0.2) is 24.3 Å². The van der Waals surface area contributed by atoms with Gasteiger partial charge in [0, 0.05) is 31.8 Å². The maximum atomic E-state index is 11.7. The summed E-state index contributed by atoms with van der Waals surface area (Å²) in [7, 11) is 0. The van der Waals surface area contributed by atoms with Crippen molar-refractivity contribution in [2.75, 3.05) is 0 Å². The molecular formula is C16H21NO2. The van der Waals surface area contributed by atoms with Crippen molar-refractivity contribution in [1.82, 2.24) is 4.90 Å². The smallest absolute Gasteiger partial charge is 0.219 e. The van der Waals surface area contributed by atoms with Crippen molar-refractivity contribution in [3.05, 3.63) is 35.4 Å². The zero-order chi connectivity index (χ0) is 13.6. The zero-order valence-electron chi connectivity index (χ0n) is 11.6. The molecule has 3 nitrogen and oxygen atoms in total. The molecule has 0 spiro atoms. The van der Waals surface area contributed by atoms with Gasteiger partial charge in [0.05, 0.1) is 5.60 Å². The van der Waals surface area contributed by atoms with E-state index in [4.69, 9.17) is 0 Å². The maximum absolute atomic E-state index is 11.7. The average molecular weight is 259 g/mol. The van der Waals surface area contributed by atoms with E-state index in [1.165, 1.54) is 5.56 Å². The Kier molecular flexibility index (Phi) is 2.90. The first-order chi connectivity index (χ1) is 8.99. The van der Waals surface area contributed by atoms with Crippen LogP contribution >= 0.6 is 0 Å². The minimum atomic E-state index is -0.758. The number of amides is 1. The number of carbonyl (C=O) groups excluding carboxylic acids is 1. The molecule has 19 heavy (non-hydrogen) atoms. The number of nitrogens with zero attached hydrogens (tertiary/aromatic N) is 1. The fourth-order valence-electron chi connectivity index (χ4n) is 3.84. The maximum Gasteiger partial charge on any atom is 0.219 e. The summed E-state index contributed by atoms with van der Waals surface area (Å²) in [6, 6.07) is 8.57. The average Bonchev–Trinajstić information content (AvgIpc) is 2.64. The highest BCUT2D eigenvalue weighted by atomic mass is 16.3. The van der Waals surface area contributed by atoms with E-state index < -0.39 is 5.60 Å². The van der Waals surface area contributed by atoms with Crippen LogP contribution < -0.4 is 0 Å². The van der Waals surface area contributed by atoms with Crippen molar-refractivity contribution in [1.29, 1.82) is 0 Å². The number of aryl methyl sites for hydroxylation is 1. The predicted octanol–water partition coefficient (Wildman–Crippen LogP) is 2.36. The minimum absolute atomic E-state index is 0.151. The third kappa shape index (κ3) is 2.06. The topological polar surface area (TPSA) is 40.5 Å². The molecule has 0 aromatic heterocycles. The second-order valence-corrected chi connectivity index (χ2v) is 6.12. The second-order valence-electron chi connectivity index (χ2n) is 6.12. The molecule has 2 bridgehead atoms. The van der Waals surface area contributed by atoms with E-state index in [1.54, 1.807) is 6.92 Å². The Morgan fingerprint density at radius 1 is 1.21 bits per heavy atom. The van der Waals surface area contributed by atoms with Crippen molar-refractivity contribution >= 4 is 5.91 Å². The highest BCUT2D eigenvalue weighted by Crippen LogP contribution is 2.45. The standard InChI is InChI=1S/C16H21NO2/c1-11-3-5-13(6-4-11)16(19)9-14-7-8-15(10-16)17(14)12(2)18/h3-6,14-15,19H,7-10H2,1-2H3. The second kappa shape index (κ2) is 4.34. The van der Waals surface area contributed by atoms with Gasteiger partial charge in [-0.15, -0.1) is 0 Å². The number of hydrogen-bond acceptors (Lipinski definition) is 2. The van der Waals surface area contributed by atoms with Crippen LogP contribution in [0.5, 0.6) is 0 Å². The number of piperidine rings is 1. The molecule has 0 saturated carbocycles. The van der Waals surface area contributed by atoms with Gasteiger partial charge in [0.1, 0.15) is 0 Å². The van der Waals surface area contributed by atoms with Crippen LogP contribution in [-0.4, -0.2) is 28.0 Å². The molecule has 3 rings (SSSR count). The third-order valence-corrected chi connectivity index (χ3v) is 4.72. The highest BCUT2D eigenvalue weighted by Gasteiger charge is 2.49. The number of carbonyl (C=O) groups is 1. The van der Waals surface area contributed by atoms with E-state index in [9.17, 15) is 9.90 Å². The lowest BCUT2D eigenvalue weighted by Crippen LogP contribution is -2.51. The Hall–Kier alpha value is -1.35. The molecule has 1 aromatic carbocycles. The Morgan fingerprint density at radius 3 is 2.21 bits per heavy atom. The molecule has 2 unspecified atom stereocenters. The van der Waals surface area contributed by atoms with Crippen molar-refractivity contribution in [3.8, 4) is 0 Å². The molecule has 102 valence electrons. The van der Waals surface area contributed by atoms with E-state index in [0.717, 1.165) is 18.4 Å². The van der Waals surface area contributed by atoms with Gasteiger partial charge >= 0.3 is 0 Å². The zero-order valence-corrected chi connectivity index (χ0v) is 11.6. The molecule has 0 radical (unpaired) electrons. The number of fused-ring (bicyclic) bond motifs is 2. The van der Waals surface area contributed by atoms with Crippen LogP contribution in [0.25, 0.3) is 0 Å². The van der Waals surface area contributed by atoms with Crippen LogP contribution in [-0.2, 0) is 10.4 Å². The first-order valence-corrected chi connectivity index (χ1v) is 7.08. The lowest BCUT2D eigenvalue weighted by atomic mass is 9.80. The quantitative estimate of drug-likeness (QED) is 0.841. The summed E-state index contributed by atoms with van der Waals surface area (Å²) < 4.78 is 0. The minimum Gasteiger partial charge on any atom is -0.385 e. The Morgan fingerprint density at radius 2 is 1.74 bits per heavy atom. The van der Waals surface area contributed by atoms with Crippen LogP contribution in [0, 0.1) is 6.92 Å². The van der Waals surface area contributed by atoms with E-state index in [1.807, 2.05) is 29.2 Å². The van der Waals surface area contributed by atoms with Gasteiger partial charge in [-0.3, -0.25) is 4.79 Å². The van der Waals surface area contributed by atoms with Crippen LogP contribution in [0.4, 0.5) is 0 Å². The molecule has 2 heterocycles. The normalized spacial score (nSPS) is 33.5. The molecular weight excluding hydrogens is 238 g/mol. The van der Waals surface area contributed by atoms with Gasteiger partial charge in [-0.1, -0.05) is 29.8 Å². The summed E-state index contributed by atoms with van der Waals surface area (Å²) in [5, 5.41) is 11.0. The molecule has 2 atom stereocenters. The molecule has 2 aliphatic heterocycles. The summed E-state index contributed by atoms with van der Waals surface area (Å²) in [4.78, 5) is 13.7. The van der Waals surface area contributed by atoms with Crippen LogP contribution in [0.2, 0.25) is 0 Å². The first kappa shape index (κ1) is 12.7. The van der Waals surface area contributed by atoms with Gasteiger partial charge < -0.3 is 10.0 Å². The highest BCUT2D eigenvalue weighted by molar-refractivity contribution is 5.74. The third-order valence-electron chi connectivity index (χ3n) is 4.72. The van der Waals surface area contributed by atoms with Gasteiger partial charge in [-0.05, 0) is 25.3 Å². The van der Waals surface area contributed by atoms with Crippen molar-refractivity contribution in [2.24, 2.45) is 0 Å². The summed E-state index contributed by atoms with van der Waals surface area (Å²) in [5.41, 5.74) is 1.44. The fraction of sp³-hybridized carbons (Fsp3) is 0.562. The Labute approximate surface area is 114 Å². The van der Waals surface area contributed by atoms with E-state index >= 15 is 0 Å². The largest absolute Gasteiger partial charge is 0.385 e. The molecule has 2 saturated heterocycles. The van der Waals surface area contributed by atoms with E-state index in [-0.39, 0.29) is 18.0 Å². The summed E-state index contributed by atoms with van der Waals surface area (Å²) in [6.45, 7) is 3.69. The van der Waals surface area contributed by atoms with Gasteiger partial charge in [-0.2, -0.15) is 0 Å². The van der Waals surface area contributed by atoms with Gasteiger partial charge in [-0.25, -0.2) is 0 Å². The summed E-state index contributed by atoms with van der Waals surface area (Å²) >= 11 is 0. The Balaban J connectivity index is 1.88. The molecule has 2 fully saturated rings. The monoisotopic (exact) mass is 259 g/mol. The molecule has 2 aliphatic rings. The fourth-order valence-corrected chi connectivity index (χ4v) is 3.84. The summed E-state index contributed by atoms with van der Waals surface area (Å²) in [5.74, 6) is 0.151. The van der Waals surface area contributed by atoms with Crippen molar-refractivity contribution in [3.63, 3.8) is 0 Å². The lowest BCUT2D eigenvalue weighted by molar-refractivity contribution is -0.139. The van der Waals surface area contributed by atoms with Gasteiger partial charge in [0.25, 0.3) is 0 Å². The van der Waals surface area contributed by atoms with Crippen molar-refractivity contribution < 1.29 is 9.90 Å². The van der Waals surface area contributed by atoms with Gasteiger partial charge in [0.2, 0.25) is 5.91 Å². The molecule has 3 heteroatoms. The molecule has 1 aromatic rings. The molecule has 1 N–H and O–H groups in total. The number of aliphatic hydroxyl groups is 1. The molecule has 1 amide bonds. The lowest BCUT2D eigenvalue weighted by Gasteiger charge is -2.43. The van der Waals surface area contributed by atoms with Crippen LogP contribution in [0.1, 0.15) is 43.7 Å². The molecule has 0 aliphatic carbocycles. The van der Waals surface area contributed by atoms with E-state index in [0.29, 0.717) is 12.8 Å². The predicted molar refractivity (Wildman–Crippen MR) is 73.6 cm³/mol. The number of hydrogen-bond donors (Lipinski definition) is 1. The Bertz CT molecular complexity index is 480.